The van der Waals surface area contributed by atoms with Gasteiger partial charge in [0.2, 0.25) is 0 Å². The topological polar surface area (TPSA) is 56.1 Å². The lowest BCUT2D eigenvalue weighted by Crippen LogP contribution is -2.27. The zero-order valence-corrected chi connectivity index (χ0v) is 16.8. The molecule has 1 atom stereocenters. The van der Waals surface area contributed by atoms with Crippen molar-refractivity contribution in [2.45, 2.75) is 33.7 Å². The molecule has 0 aliphatic heterocycles. The van der Waals surface area contributed by atoms with Crippen LogP contribution in [0.1, 0.15) is 47.2 Å². The van der Waals surface area contributed by atoms with E-state index in [4.69, 9.17) is 4.74 Å². The molecule has 152 valence electrons. The van der Waals surface area contributed by atoms with Gasteiger partial charge in [-0.2, -0.15) is 5.10 Å². The van der Waals surface area contributed by atoms with Gasteiger partial charge in [-0.3, -0.25) is 4.79 Å². The van der Waals surface area contributed by atoms with Crippen LogP contribution in [-0.2, 0) is 0 Å². The zero-order valence-electron chi connectivity index (χ0n) is 16.8. The van der Waals surface area contributed by atoms with Crippen molar-refractivity contribution in [3.05, 3.63) is 76.6 Å². The zero-order chi connectivity index (χ0) is 21.1. The largest absolute Gasteiger partial charge is 0.494 e. The predicted molar refractivity (Wildman–Crippen MR) is 106 cm³/mol. The second-order valence-corrected chi connectivity index (χ2v) is 6.75. The van der Waals surface area contributed by atoms with Gasteiger partial charge in [-0.25, -0.2) is 13.5 Å². The summed E-state index contributed by atoms with van der Waals surface area (Å²) in [4.78, 5) is 12.9. The lowest BCUT2D eigenvalue weighted by molar-refractivity contribution is 0.0938. The first kappa shape index (κ1) is 20.5. The van der Waals surface area contributed by atoms with Gasteiger partial charge in [0.05, 0.1) is 29.6 Å². The van der Waals surface area contributed by atoms with Crippen LogP contribution in [-0.4, -0.2) is 22.3 Å². The van der Waals surface area contributed by atoms with Crippen LogP contribution in [0.2, 0.25) is 0 Å². The Kier molecular flexibility index (Phi) is 5.96. The van der Waals surface area contributed by atoms with E-state index in [-0.39, 0.29) is 17.6 Å². The predicted octanol–water partition coefficient (Wildman–Crippen LogP) is 4.66. The highest BCUT2D eigenvalue weighted by atomic mass is 19.1. The van der Waals surface area contributed by atoms with Gasteiger partial charge in [0.1, 0.15) is 17.3 Å². The maximum atomic E-state index is 14.2. The number of halogens is 2. The summed E-state index contributed by atoms with van der Waals surface area (Å²) in [6.45, 7) is 7.70. The first-order chi connectivity index (χ1) is 13.8. The molecule has 1 amide bonds. The van der Waals surface area contributed by atoms with Gasteiger partial charge in [0, 0.05) is 6.07 Å². The summed E-state index contributed by atoms with van der Waals surface area (Å²) in [6, 6.07) is 10.5. The van der Waals surface area contributed by atoms with Crippen molar-refractivity contribution in [2.75, 3.05) is 6.61 Å². The van der Waals surface area contributed by atoms with Gasteiger partial charge in [-0.05, 0) is 57.5 Å². The van der Waals surface area contributed by atoms with Crippen molar-refractivity contribution in [3.8, 4) is 11.4 Å². The lowest BCUT2D eigenvalue weighted by atomic mass is 10.1. The molecule has 0 spiro atoms. The Morgan fingerprint density at radius 3 is 2.66 bits per heavy atom. The van der Waals surface area contributed by atoms with Crippen molar-refractivity contribution in [1.29, 1.82) is 0 Å². The lowest BCUT2D eigenvalue weighted by Gasteiger charge is -2.16. The van der Waals surface area contributed by atoms with Crippen molar-refractivity contribution < 1.29 is 18.3 Å². The van der Waals surface area contributed by atoms with Gasteiger partial charge in [0.15, 0.2) is 5.82 Å². The van der Waals surface area contributed by atoms with Crippen LogP contribution >= 0.6 is 0 Å². The fourth-order valence-corrected chi connectivity index (χ4v) is 3.25. The molecule has 3 aromatic rings. The first-order valence-electron chi connectivity index (χ1n) is 9.37. The van der Waals surface area contributed by atoms with Crippen LogP contribution in [0, 0.1) is 25.5 Å². The van der Waals surface area contributed by atoms with Crippen molar-refractivity contribution >= 4 is 5.91 Å². The van der Waals surface area contributed by atoms with Crippen molar-refractivity contribution in [3.63, 3.8) is 0 Å². The Hall–Kier alpha value is -3.22. The molecule has 0 radical (unpaired) electrons. The molecule has 0 fully saturated rings. The minimum atomic E-state index is -0.747. The monoisotopic (exact) mass is 399 g/mol. The van der Waals surface area contributed by atoms with E-state index in [1.165, 1.54) is 10.7 Å². The Morgan fingerprint density at radius 2 is 1.97 bits per heavy atom. The number of hydrogen-bond donors (Lipinski definition) is 1. The van der Waals surface area contributed by atoms with Crippen LogP contribution in [0.4, 0.5) is 8.78 Å². The molecule has 0 saturated heterocycles. The van der Waals surface area contributed by atoms with Crippen molar-refractivity contribution in [1.82, 2.24) is 15.1 Å². The molecule has 2 aromatic carbocycles. The molecule has 0 aliphatic rings. The van der Waals surface area contributed by atoms with E-state index in [1.807, 2.05) is 38.1 Å². The van der Waals surface area contributed by atoms with Crippen molar-refractivity contribution in [2.24, 2.45) is 0 Å². The highest BCUT2D eigenvalue weighted by Crippen LogP contribution is 2.23. The summed E-state index contributed by atoms with van der Waals surface area (Å²) in [5.41, 5.74) is 2.28. The van der Waals surface area contributed by atoms with Crippen LogP contribution < -0.4 is 10.1 Å². The van der Waals surface area contributed by atoms with Gasteiger partial charge in [-0.15, -0.1) is 0 Å². The van der Waals surface area contributed by atoms with Gasteiger partial charge >= 0.3 is 0 Å². The van der Waals surface area contributed by atoms with Crippen LogP contribution in [0.25, 0.3) is 5.69 Å². The van der Waals surface area contributed by atoms with Gasteiger partial charge < -0.3 is 10.1 Å². The third kappa shape index (κ3) is 4.29. The summed E-state index contributed by atoms with van der Waals surface area (Å²) in [5, 5.41) is 7.23. The van der Waals surface area contributed by atoms with E-state index >= 15 is 0 Å². The van der Waals surface area contributed by atoms with E-state index in [0.717, 1.165) is 23.4 Å². The highest BCUT2D eigenvalue weighted by molar-refractivity contribution is 5.96. The molecule has 1 aromatic heterocycles. The minimum absolute atomic E-state index is 0.0866. The number of nitrogens with one attached hydrogen (secondary N) is 1. The number of benzene rings is 2. The van der Waals surface area contributed by atoms with Crippen LogP contribution in [0.15, 0.2) is 42.5 Å². The Morgan fingerprint density at radius 1 is 1.21 bits per heavy atom. The molecule has 7 heteroatoms. The number of hydrogen-bond acceptors (Lipinski definition) is 3. The van der Waals surface area contributed by atoms with Crippen LogP contribution in [0.3, 0.4) is 0 Å². The average molecular weight is 399 g/mol. The summed E-state index contributed by atoms with van der Waals surface area (Å²) in [5.74, 6) is -1.00. The summed E-state index contributed by atoms with van der Waals surface area (Å²) < 4.78 is 34.2. The SMILES string of the molecule is CCOc1cccc(C(C)NC(=O)c2c(C)nn(-c3ccc(F)cc3F)c2C)c1. The fourth-order valence-electron chi connectivity index (χ4n) is 3.25. The molecule has 0 aliphatic carbocycles. The van der Waals surface area contributed by atoms with E-state index in [1.54, 1.807) is 13.8 Å². The second-order valence-electron chi connectivity index (χ2n) is 6.75. The van der Waals surface area contributed by atoms with Crippen LogP contribution in [0.5, 0.6) is 5.75 Å². The maximum Gasteiger partial charge on any atom is 0.255 e. The average Bonchev–Trinajstić information content (AvgIpc) is 2.96. The minimum Gasteiger partial charge on any atom is -0.494 e. The third-order valence-electron chi connectivity index (χ3n) is 4.67. The summed E-state index contributed by atoms with van der Waals surface area (Å²) >= 11 is 0. The molecule has 1 heterocycles. The van der Waals surface area contributed by atoms with E-state index in [0.29, 0.717) is 23.6 Å². The summed E-state index contributed by atoms with van der Waals surface area (Å²) in [7, 11) is 0. The van der Waals surface area contributed by atoms with E-state index < -0.39 is 11.6 Å². The number of amides is 1. The molecular formula is C22H23F2N3O2. The van der Waals surface area contributed by atoms with Gasteiger partial charge in [-0.1, -0.05) is 12.1 Å². The number of rotatable bonds is 6. The maximum absolute atomic E-state index is 14.2. The first-order valence-corrected chi connectivity index (χ1v) is 9.37. The third-order valence-corrected chi connectivity index (χ3v) is 4.67. The highest BCUT2D eigenvalue weighted by Gasteiger charge is 2.22. The van der Waals surface area contributed by atoms with E-state index in [9.17, 15) is 13.6 Å². The number of nitrogens with zero attached hydrogens (tertiary/aromatic N) is 2. The fraction of sp³-hybridized carbons (Fsp3) is 0.273. The summed E-state index contributed by atoms with van der Waals surface area (Å²) in [6.07, 6.45) is 0. The Bertz CT molecular complexity index is 1050. The number of aromatic nitrogens is 2. The smallest absolute Gasteiger partial charge is 0.255 e. The number of aryl methyl sites for hydroxylation is 1. The Labute approximate surface area is 168 Å². The Balaban J connectivity index is 1.86. The quantitative estimate of drug-likeness (QED) is 0.656. The second kappa shape index (κ2) is 8.43. The molecule has 1 N–H and O–H groups in total. The number of ether oxygens (including phenoxy) is 1. The molecular weight excluding hydrogens is 376 g/mol. The molecule has 0 saturated carbocycles. The molecule has 0 bridgehead atoms. The standard InChI is InChI=1S/C22H23F2N3O2/c1-5-29-18-8-6-7-16(11-18)13(2)25-22(28)21-14(3)26-27(15(21)4)20-10-9-17(23)12-19(20)24/h6-13H,5H2,1-4H3,(H,25,28). The molecule has 29 heavy (non-hydrogen) atoms. The molecule has 5 nitrogen and oxygen atoms in total. The number of carbonyl (C=O) groups is 1. The normalized spacial score (nSPS) is 11.9. The molecule has 1 unspecified atom stereocenters. The number of carbonyl (C=O) groups excluding carboxylic acids is 1. The van der Waals surface area contributed by atoms with Gasteiger partial charge in [0.25, 0.3) is 5.91 Å². The van der Waals surface area contributed by atoms with E-state index in [2.05, 4.69) is 10.4 Å². The molecule has 3 rings (SSSR count).